The Hall–Kier alpha value is -2.29. The summed E-state index contributed by atoms with van der Waals surface area (Å²) in [6, 6.07) is 11.1. The predicted octanol–water partition coefficient (Wildman–Crippen LogP) is 4.26. The number of hydrogen-bond donors (Lipinski definition) is 0. The second-order valence-electron chi connectivity index (χ2n) is 7.64. The van der Waals surface area contributed by atoms with Gasteiger partial charge in [-0.2, -0.15) is 0 Å². The molecule has 0 radical (unpaired) electrons. The van der Waals surface area contributed by atoms with Gasteiger partial charge in [-0.3, -0.25) is 9.36 Å². The summed E-state index contributed by atoms with van der Waals surface area (Å²) in [7, 11) is 0. The van der Waals surface area contributed by atoms with Gasteiger partial charge in [-0.1, -0.05) is 59.3 Å². The number of carbonyl (C=O) groups is 1. The van der Waals surface area contributed by atoms with E-state index in [-0.39, 0.29) is 11.5 Å². The first-order valence-corrected chi connectivity index (χ1v) is 12.3. The molecule has 8 heteroatoms. The monoisotopic (exact) mass is 516 g/mol. The van der Waals surface area contributed by atoms with Crippen LogP contribution < -0.4 is 14.9 Å². The van der Waals surface area contributed by atoms with Crippen LogP contribution in [0.25, 0.3) is 6.08 Å². The van der Waals surface area contributed by atoms with Gasteiger partial charge in [0.25, 0.3) is 5.56 Å². The van der Waals surface area contributed by atoms with Crippen molar-refractivity contribution in [2.24, 2.45) is 10.9 Å². The Morgan fingerprint density at radius 1 is 1.32 bits per heavy atom. The Morgan fingerprint density at radius 2 is 2.13 bits per heavy atom. The van der Waals surface area contributed by atoms with Gasteiger partial charge in [0.05, 0.1) is 22.4 Å². The van der Waals surface area contributed by atoms with Crippen LogP contribution in [0.5, 0.6) is 0 Å². The third-order valence-corrected chi connectivity index (χ3v) is 7.15. The van der Waals surface area contributed by atoms with Crippen molar-refractivity contribution in [1.82, 2.24) is 4.57 Å². The van der Waals surface area contributed by atoms with E-state index < -0.39 is 12.0 Å². The highest BCUT2D eigenvalue weighted by atomic mass is 79.9. The number of allylic oxidation sites excluding steroid dienone is 1. The SMILES string of the molecule is CC1=C(C(=O)OCC(C)C)[C@@H](c2cccs2)n2c(s/c(=C/c3cccc(Br)c3)c2=O)=N1. The molecule has 0 saturated heterocycles. The molecule has 4 rings (SSSR count). The largest absolute Gasteiger partial charge is 0.462 e. The highest BCUT2D eigenvalue weighted by Crippen LogP contribution is 2.33. The van der Waals surface area contributed by atoms with E-state index in [0.29, 0.717) is 27.2 Å². The normalized spacial score (nSPS) is 16.4. The van der Waals surface area contributed by atoms with Gasteiger partial charge in [0.1, 0.15) is 6.04 Å². The number of rotatable bonds is 5. The molecule has 0 N–H and O–H groups in total. The first-order valence-electron chi connectivity index (χ1n) is 9.84. The summed E-state index contributed by atoms with van der Waals surface area (Å²) in [5, 5.41) is 1.94. The van der Waals surface area contributed by atoms with E-state index in [2.05, 4.69) is 20.9 Å². The topological polar surface area (TPSA) is 60.7 Å². The molecule has 0 aliphatic carbocycles. The quantitative estimate of drug-likeness (QED) is 0.476. The van der Waals surface area contributed by atoms with Crippen LogP contribution in [0.15, 0.2) is 67.3 Å². The molecule has 0 spiro atoms. The third-order valence-electron chi connectivity index (χ3n) is 4.75. The maximum Gasteiger partial charge on any atom is 0.338 e. The fraction of sp³-hybridized carbons (Fsp3) is 0.261. The molecule has 5 nitrogen and oxygen atoms in total. The molecule has 31 heavy (non-hydrogen) atoms. The predicted molar refractivity (Wildman–Crippen MR) is 128 cm³/mol. The Kier molecular flexibility index (Phi) is 6.41. The lowest BCUT2D eigenvalue weighted by Crippen LogP contribution is -2.39. The van der Waals surface area contributed by atoms with E-state index >= 15 is 0 Å². The third kappa shape index (κ3) is 4.51. The molecular weight excluding hydrogens is 496 g/mol. The van der Waals surface area contributed by atoms with Crippen molar-refractivity contribution in [2.75, 3.05) is 6.61 Å². The molecule has 0 bridgehead atoms. The van der Waals surface area contributed by atoms with Crippen molar-refractivity contribution in [3.8, 4) is 0 Å². The molecule has 3 aromatic rings. The molecular formula is C23H21BrN2O3S2. The summed E-state index contributed by atoms with van der Waals surface area (Å²) in [4.78, 5) is 32.6. The van der Waals surface area contributed by atoms with E-state index in [9.17, 15) is 9.59 Å². The molecule has 0 saturated carbocycles. The number of thiophene rings is 1. The summed E-state index contributed by atoms with van der Waals surface area (Å²) < 4.78 is 8.67. The van der Waals surface area contributed by atoms with E-state index in [1.165, 1.54) is 22.7 Å². The molecule has 1 aliphatic rings. The summed E-state index contributed by atoms with van der Waals surface area (Å²) in [5.41, 5.74) is 1.76. The van der Waals surface area contributed by atoms with E-state index in [4.69, 9.17) is 4.74 Å². The molecule has 1 aliphatic heterocycles. The Bertz CT molecular complexity index is 1330. The molecule has 0 fully saturated rings. The molecule has 2 aromatic heterocycles. The average Bonchev–Trinajstić information content (AvgIpc) is 3.34. The summed E-state index contributed by atoms with van der Waals surface area (Å²) in [6.45, 7) is 6.10. The average molecular weight is 517 g/mol. The second kappa shape index (κ2) is 9.06. The van der Waals surface area contributed by atoms with Crippen LogP contribution in [0.4, 0.5) is 0 Å². The fourth-order valence-electron chi connectivity index (χ4n) is 3.37. The highest BCUT2D eigenvalue weighted by Gasteiger charge is 2.34. The lowest BCUT2D eigenvalue weighted by Gasteiger charge is -2.23. The van der Waals surface area contributed by atoms with Crippen molar-refractivity contribution >= 4 is 50.6 Å². The lowest BCUT2D eigenvalue weighted by atomic mass is 10.0. The van der Waals surface area contributed by atoms with Crippen molar-refractivity contribution < 1.29 is 9.53 Å². The van der Waals surface area contributed by atoms with Crippen molar-refractivity contribution in [3.05, 3.63) is 87.6 Å². The highest BCUT2D eigenvalue weighted by molar-refractivity contribution is 9.10. The van der Waals surface area contributed by atoms with Gasteiger partial charge in [0.15, 0.2) is 4.80 Å². The number of benzene rings is 1. The minimum Gasteiger partial charge on any atom is -0.462 e. The van der Waals surface area contributed by atoms with Crippen LogP contribution in [-0.2, 0) is 9.53 Å². The van der Waals surface area contributed by atoms with Gasteiger partial charge < -0.3 is 4.74 Å². The van der Waals surface area contributed by atoms with Gasteiger partial charge in [0.2, 0.25) is 0 Å². The lowest BCUT2D eigenvalue weighted by molar-refractivity contribution is -0.140. The van der Waals surface area contributed by atoms with Gasteiger partial charge in [-0.15, -0.1) is 11.3 Å². The summed E-state index contributed by atoms with van der Waals surface area (Å²) in [5.74, 6) is -0.203. The number of hydrogen-bond acceptors (Lipinski definition) is 6. The molecule has 0 unspecified atom stereocenters. The number of carbonyl (C=O) groups excluding carboxylic acids is 1. The van der Waals surface area contributed by atoms with Crippen LogP contribution in [0, 0.1) is 5.92 Å². The number of esters is 1. The van der Waals surface area contributed by atoms with Crippen molar-refractivity contribution in [2.45, 2.75) is 26.8 Å². The minimum atomic E-state index is -0.541. The maximum absolute atomic E-state index is 13.4. The van der Waals surface area contributed by atoms with Crippen LogP contribution in [0.2, 0.25) is 0 Å². The summed E-state index contributed by atoms with van der Waals surface area (Å²) >= 11 is 6.31. The van der Waals surface area contributed by atoms with E-state index in [1.54, 1.807) is 11.5 Å². The van der Waals surface area contributed by atoms with Crippen LogP contribution in [0.1, 0.15) is 37.3 Å². The van der Waals surface area contributed by atoms with Crippen molar-refractivity contribution in [3.63, 3.8) is 0 Å². The number of nitrogens with zero attached hydrogens (tertiary/aromatic N) is 2. The zero-order valence-electron chi connectivity index (χ0n) is 17.3. The van der Waals surface area contributed by atoms with Crippen LogP contribution >= 0.6 is 38.6 Å². The molecule has 3 heterocycles. The first kappa shape index (κ1) is 21.9. The Morgan fingerprint density at radius 3 is 2.81 bits per heavy atom. The molecule has 160 valence electrons. The number of aromatic nitrogens is 1. The van der Waals surface area contributed by atoms with Gasteiger partial charge in [-0.25, -0.2) is 9.79 Å². The van der Waals surface area contributed by atoms with Crippen LogP contribution in [-0.4, -0.2) is 17.1 Å². The summed E-state index contributed by atoms with van der Waals surface area (Å²) in [6.07, 6.45) is 1.86. The van der Waals surface area contributed by atoms with Gasteiger partial charge >= 0.3 is 5.97 Å². The number of thiazole rings is 1. The van der Waals surface area contributed by atoms with E-state index in [0.717, 1.165) is 14.9 Å². The molecule has 1 aromatic carbocycles. The van der Waals surface area contributed by atoms with E-state index in [1.807, 2.05) is 61.7 Å². The number of halogens is 1. The van der Waals surface area contributed by atoms with Crippen LogP contribution in [0.3, 0.4) is 0 Å². The number of fused-ring (bicyclic) bond motifs is 1. The Balaban J connectivity index is 1.88. The number of ether oxygens (including phenoxy) is 1. The van der Waals surface area contributed by atoms with Crippen molar-refractivity contribution in [1.29, 1.82) is 0 Å². The molecule has 1 atom stereocenters. The fourth-order valence-corrected chi connectivity index (χ4v) is 5.65. The zero-order chi connectivity index (χ0) is 22.1. The second-order valence-corrected chi connectivity index (χ2v) is 10.5. The molecule has 0 amide bonds. The maximum atomic E-state index is 13.4. The standard InChI is InChI=1S/C23H21BrN2O3S2/c1-13(2)12-29-22(28)19-14(3)25-23-26(20(19)17-8-5-9-30-17)21(27)18(31-23)11-15-6-4-7-16(24)10-15/h4-11,13,20H,12H2,1-3H3/b18-11+/t20-/m1/s1. The smallest absolute Gasteiger partial charge is 0.338 e. The van der Waals surface area contributed by atoms with Gasteiger partial charge in [0, 0.05) is 9.35 Å². The minimum absolute atomic E-state index is 0.163. The first-order chi connectivity index (χ1) is 14.8. The van der Waals surface area contributed by atoms with Gasteiger partial charge in [-0.05, 0) is 48.1 Å². The zero-order valence-corrected chi connectivity index (χ0v) is 20.5. The Labute approximate surface area is 196 Å².